The van der Waals surface area contributed by atoms with Gasteiger partial charge in [-0.3, -0.25) is 4.79 Å². The van der Waals surface area contributed by atoms with Gasteiger partial charge in [-0.1, -0.05) is 0 Å². The lowest BCUT2D eigenvalue weighted by Gasteiger charge is -2.29. The highest BCUT2D eigenvalue weighted by atomic mass is 16.7. The third kappa shape index (κ3) is 7.64. The molecule has 0 aliphatic heterocycles. The van der Waals surface area contributed by atoms with Crippen molar-refractivity contribution in [3.8, 4) is 0 Å². The van der Waals surface area contributed by atoms with E-state index in [1.54, 1.807) is 21.1 Å². The Bertz CT molecular complexity index is 289. The number of quaternary nitrogens is 1. The van der Waals surface area contributed by atoms with E-state index in [2.05, 4.69) is 4.74 Å². The summed E-state index contributed by atoms with van der Waals surface area (Å²) >= 11 is 0. The monoisotopic (exact) mass is 252 g/mol. The molecule has 0 amide bonds. The van der Waals surface area contributed by atoms with Crippen molar-refractivity contribution in [3.05, 3.63) is 0 Å². The zero-order chi connectivity index (χ0) is 13.9. The van der Waals surface area contributed by atoms with Crippen LogP contribution in [0.25, 0.3) is 0 Å². The van der Waals surface area contributed by atoms with E-state index in [0.717, 1.165) is 0 Å². The van der Waals surface area contributed by atoms with Crippen LogP contribution in [0.1, 0.15) is 6.42 Å². The summed E-state index contributed by atoms with van der Waals surface area (Å²) < 4.78 is 4.82. The van der Waals surface area contributed by atoms with Crippen LogP contribution in [-0.2, 0) is 14.3 Å². The summed E-state index contributed by atoms with van der Waals surface area (Å²) in [5.74, 6) is -6.50. The van der Waals surface area contributed by atoms with Crippen molar-refractivity contribution in [1.29, 1.82) is 0 Å². The van der Waals surface area contributed by atoms with Crippen LogP contribution in [0.2, 0.25) is 0 Å². The van der Waals surface area contributed by atoms with Gasteiger partial charge in [0.2, 0.25) is 0 Å². The van der Waals surface area contributed by atoms with Crippen molar-refractivity contribution in [1.82, 2.24) is 0 Å². The van der Waals surface area contributed by atoms with E-state index in [9.17, 15) is 9.59 Å². The summed E-state index contributed by atoms with van der Waals surface area (Å²) in [5, 5.41) is 34.3. The van der Waals surface area contributed by atoms with E-state index in [0.29, 0.717) is 4.48 Å². The Hall–Kier alpha value is -1.22. The summed E-state index contributed by atoms with van der Waals surface area (Å²) in [6.45, 7) is 0.147. The second kappa shape index (κ2) is 5.41. The number of aliphatic hydroxyl groups is 3. The highest BCUT2D eigenvalue weighted by Crippen LogP contribution is 2.08. The van der Waals surface area contributed by atoms with Crippen LogP contribution >= 0.6 is 0 Å². The number of hydrogen-bond acceptors (Lipinski definition) is 6. The molecule has 0 heterocycles. The Morgan fingerprint density at radius 3 is 2.00 bits per heavy atom. The minimum absolute atomic E-state index is 0.147. The minimum Gasteiger partial charge on any atom is -0.481 e. The fourth-order valence-corrected chi connectivity index (χ4v) is 1.18. The molecule has 1 unspecified atom stereocenters. The van der Waals surface area contributed by atoms with E-state index < -0.39 is 30.4 Å². The maximum Gasteiger partial charge on any atom is 0.398 e. The number of carbonyl (C=O) groups excluding carboxylic acids is 1. The molecule has 100 valence electrons. The number of likely N-dealkylation sites (N-methyl/N-ethyl adjacent to an activating group) is 1. The number of nitrogens with zero attached hydrogens (tertiary/aromatic N) is 1. The molecule has 0 rings (SSSR count). The molecule has 0 aromatic carbocycles. The van der Waals surface area contributed by atoms with E-state index in [1.807, 2.05) is 0 Å². The van der Waals surface area contributed by atoms with Gasteiger partial charge in [-0.05, 0) is 0 Å². The van der Waals surface area contributed by atoms with Crippen LogP contribution in [-0.4, -0.2) is 76.6 Å². The van der Waals surface area contributed by atoms with Crippen molar-refractivity contribution >= 4 is 11.9 Å². The summed E-state index contributed by atoms with van der Waals surface area (Å²) in [4.78, 5) is 21.5. The van der Waals surface area contributed by atoms with Crippen molar-refractivity contribution in [2.75, 3.05) is 27.7 Å². The molecule has 0 aliphatic carbocycles. The number of rotatable bonds is 6. The number of ether oxygens (including phenoxy) is 1. The molecular weight excluding hydrogens is 234 g/mol. The molecule has 0 aliphatic rings. The molecule has 17 heavy (non-hydrogen) atoms. The maximum absolute atomic E-state index is 11.0. The van der Waals surface area contributed by atoms with E-state index in [4.69, 9.17) is 20.4 Å². The first-order chi connectivity index (χ1) is 7.42. The Morgan fingerprint density at radius 2 is 1.71 bits per heavy atom. The fraction of sp³-hybridized carbons (Fsp3) is 0.778. The smallest absolute Gasteiger partial charge is 0.398 e. The number of aliphatic carboxylic acids is 1. The van der Waals surface area contributed by atoms with Gasteiger partial charge in [0.15, 0.2) is 6.10 Å². The van der Waals surface area contributed by atoms with E-state index in [1.165, 1.54) is 0 Å². The Kier molecular flexibility index (Phi) is 5.02. The topological polar surface area (TPSA) is 124 Å². The normalized spacial score (nSPS) is 14.2. The van der Waals surface area contributed by atoms with Gasteiger partial charge in [0.1, 0.15) is 6.54 Å². The van der Waals surface area contributed by atoms with Crippen LogP contribution in [0.3, 0.4) is 0 Å². The van der Waals surface area contributed by atoms with Gasteiger partial charge in [0, 0.05) is 0 Å². The molecule has 0 aromatic heterocycles. The number of carboxylic acid groups (broad SMARTS) is 1. The maximum atomic E-state index is 11.0. The van der Waals surface area contributed by atoms with E-state index >= 15 is 0 Å². The summed E-state index contributed by atoms with van der Waals surface area (Å²) in [6.07, 6.45) is -1.55. The Morgan fingerprint density at radius 1 is 1.24 bits per heavy atom. The van der Waals surface area contributed by atoms with Gasteiger partial charge >= 0.3 is 17.9 Å². The molecule has 0 fully saturated rings. The van der Waals surface area contributed by atoms with Crippen LogP contribution in [0.15, 0.2) is 0 Å². The second-order valence-electron chi connectivity index (χ2n) is 4.73. The van der Waals surface area contributed by atoms with Gasteiger partial charge in [0.25, 0.3) is 0 Å². The van der Waals surface area contributed by atoms with Crippen LogP contribution < -0.4 is 0 Å². The lowest BCUT2D eigenvalue weighted by Crippen LogP contribution is -2.47. The first-order valence-corrected chi connectivity index (χ1v) is 4.82. The predicted octanol–water partition coefficient (Wildman–Crippen LogP) is -2.29. The number of esters is 1. The molecule has 0 spiro atoms. The lowest BCUT2D eigenvalue weighted by molar-refractivity contribution is -0.873. The largest absolute Gasteiger partial charge is 0.481 e. The number of carboxylic acids is 1. The highest BCUT2D eigenvalue weighted by molar-refractivity contribution is 5.76. The fourth-order valence-electron chi connectivity index (χ4n) is 1.18. The summed E-state index contributed by atoms with van der Waals surface area (Å²) in [5.41, 5.74) is 0. The van der Waals surface area contributed by atoms with E-state index in [-0.39, 0.29) is 6.54 Å². The summed E-state index contributed by atoms with van der Waals surface area (Å²) in [7, 11) is 5.23. The second-order valence-corrected chi connectivity index (χ2v) is 4.73. The quantitative estimate of drug-likeness (QED) is 0.238. The molecule has 0 aromatic rings. The van der Waals surface area contributed by atoms with Crippen molar-refractivity contribution in [2.45, 2.75) is 18.5 Å². The number of hydrogen-bond donors (Lipinski definition) is 4. The Labute approximate surface area is 98.2 Å². The molecule has 1 atom stereocenters. The van der Waals surface area contributed by atoms with Crippen LogP contribution in [0.5, 0.6) is 0 Å². The zero-order valence-corrected chi connectivity index (χ0v) is 9.95. The SMILES string of the molecule is C[N+](C)(C)CC(CC(=O)O)OC(=O)C(O)(O)O. The molecule has 0 saturated carbocycles. The third-order valence-electron chi connectivity index (χ3n) is 1.70. The first-order valence-electron chi connectivity index (χ1n) is 4.82. The van der Waals surface area contributed by atoms with Gasteiger partial charge in [-0.25, -0.2) is 4.79 Å². The molecule has 0 radical (unpaired) electrons. The van der Waals surface area contributed by atoms with Crippen LogP contribution in [0, 0.1) is 0 Å². The van der Waals surface area contributed by atoms with Crippen molar-refractivity contribution in [3.63, 3.8) is 0 Å². The Balaban J connectivity index is 4.60. The zero-order valence-electron chi connectivity index (χ0n) is 9.95. The molecule has 8 nitrogen and oxygen atoms in total. The van der Waals surface area contributed by atoms with Gasteiger partial charge in [-0.2, -0.15) is 0 Å². The van der Waals surface area contributed by atoms with Crippen LogP contribution in [0.4, 0.5) is 0 Å². The predicted molar refractivity (Wildman–Crippen MR) is 54.4 cm³/mol. The average Bonchev–Trinajstić information content (AvgIpc) is 1.96. The average molecular weight is 252 g/mol. The first kappa shape index (κ1) is 15.8. The molecule has 0 saturated heterocycles. The van der Waals surface area contributed by atoms with Gasteiger partial charge in [-0.15, -0.1) is 0 Å². The summed E-state index contributed by atoms with van der Waals surface area (Å²) in [6, 6.07) is 0. The standard InChI is InChI=1S/C9H17NO7/c1-10(2,3)5-6(4-7(11)12)17-8(13)9(14,15)16/h6,14-16H,4-5H2,1-3H3/p+1. The number of carbonyl (C=O) groups is 2. The molecule has 4 N–H and O–H groups in total. The third-order valence-corrected chi connectivity index (χ3v) is 1.70. The molecular formula is C9H18NO7+. The van der Waals surface area contributed by atoms with Gasteiger partial charge < -0.3 is 29.6 Å². The van der Waals surface area contributed by atoms with Crippen molar-refractivity contribution in [2.24, 2.45) is 0 Å². The molecule has 8 heteroatoms. The van der Waals surface area contributed by atoms with Crippen molar-refractivity contribution < 1.29 is 39.2 Å². The highest BCUT2D eigenvalue weighted by Gasteiger charge is 2.36. The van der Waals surface area contributed by atoms with Gasteiger partial charge in [0.05, 0.1) is 27.6 Å². The lowest BCUT2D eigenvalue weighted by atomic mass is 10.2. The minimum atomic E-state index is -3.61. The molecule has 0 bridgehead atoms.